The minimum absolute atomic E-state index is 0.0402. The van der Waals surface area contributed by atoms with Gasteiger partial charge in [0.05, 0.1) is 23.3 Å². The first-order chi connectivity index (χ1) is 16.0. The maximum Gasteiger partial charge on any atom is 0.269 e. The molecule has 3 heterocycles. The molecule has 11 heteroatoms. The van der Waals surface area contributed by atoms with E-state index in [0.717, 1.165) is 27.9 Å². The van der Waals surface area contributed by atoms with Crippen molar-refractivity contribution in [3.63, 3.8) is 0 Å². The average molecular weight is 462 g/mol. The van der Waals surface area contributed by atoms with E-state index >= 15 is 0 Å². The fraction of sp³-hybridized carbons (Fsp3) is 0.182. The second-order valence-electron chi connectivity index (χ2n) is 7.28. The van der Waals surface area contributed by atoms with Gasteiger partial charge in [0.2, 0.25) is 5.16 Å². The summed E-state index contributed by atoms with van der Waals surface area (Å²) in [6.07, 6.45) is 0. The van der Waals surface area contributed by atoms with Crippen LogP contribution < -0.4 is 9.47 Å². The van der Waals surface area contributed by atoms with Crippen LogP contribution in [-0.2, 0) is 6.61 Å². The predicted octanol–water partition coefficient (Wildman–Crippen LogP) is 3.99. The van der Waals surface area contributed by atoms with Crippen molar-refractivity contribution in [1.29, 1.82) is 0 Å². The van der Waals surface area contributed by atoms with E-state index < -0.39 is 4.92 Å². The molecule has 0 fully saturated rings. The van der Waals surface area contributed by atoms with Gasteiger partial charge in [-0.05, 0) is 42.8 Å². The van der Waals surface area contributed by atoms with Gasteiger partial charge in [0.25, 0.3) is 5.69 Å². The van der Waals surface area contributed by atoms with Crippen LogP contribution in [0, 0.1) is 17.0 Å². The van der Waals surface area contributed by atoms with Crippen LogP contribution >= 0.6 is 11.8 Å². The second kappa shape index (κ2) is 8.51. The molecular formula is C22H18N6O4S. The molecule has 1 aliphatic heterocycles. The van der Waals surface area contributed by atoms with E-state index in [1.165, 1.54) is 23.9 Å². The summed E-state index contributed by atoms with van der Waals surface area (Å²) in [5.74, 6) is 2.51. The van der Waals surface area contributed by atoms with Crippen LogP contribution in [0.1, 0.15) is 17.1 Å². The molecular weight excluding hydrogens is 444 g/mol. The second-order valence-corrected chi connectivity index (χ2v) is 8.23. The summed E-state index contributed by atoms with van der Waals surface area (Å²) < 4.78 is 13.1. The molecule has 2 aromatic heterocycles. The maximum atomic E-state index is 10.9. The highest BCUT2D eigenvalue weighted by atomic mass is 32.2. The molecule has 0 bridgehead atoms. The Morgan fingerprint density at radius 1 is 1.15 bits per heavy atom. The first-order valence-electron chi connectivity index (χ1n) is 10.00. The smallest absolute Gasteiger partial charge is 0.269 e. The number of fused-ring (bicyclic) bond motifs is 2. The third-order valence-electron chi connectivity index (χ3n) is 5.11. The van der Waals surface area contributed by atoms with Gasteiger partial charge in [-0.1, -0.05) is 11.8 Å². The summed E-state index contributed by atoms with van der Waals surface area (Å²) in [5.41, 5.74) is 3.27. The molecule has 0 saturated heterocycles. The van der Waals surface area contributed by atoms with Gasteiger partial charge >= 0.3 is 0 Å². The van der Waals surface area contributed by atoms with Crippen LogP contribution in [-0.4, -0.2) is 43.4 Å². The number of hydrogen-bond acceptors (Lipinski definition) is 9. The minimum atomic E-state index is -0.422. The highest BCUT2D eigenvalue weighted by Gasteiger charge is 2.21. The Morgan fingerprint density at radius 2 is 1.97 bits per heavy atom. The minimum Gasteiger partial charge on any atom is -0.497 e. The lowest BCUT2D eigenvalue weighted by Crippen LogP contribution is -2.15. The molecule has 2 aromatic carbocycles. The van der Waals surface area contributed by atoms with E-state index in [1.807, 2.05) is 31.2 Å². The Bertz CT molecular complexity index is 1400. The Morgan fingerprint density at radius 3 is 2.73 bits per heavy atom. The van der Waals surface area contributed by atoms with Crippen LogP contribution in [0.2, 0.25) is 0 Å². The summed E-state index contributed by atoms with van der Waals surface area (Å²) in [4.78, 5) is 15.0. The van der Waals surface area contributed by atoms with Crippen LogP contribution in [0.5, 0.6) is 11.5 Å². The van der Waals surface area contributed by atoms with Gasteiger partial charge in [0.1, 0.15) is 18.1 Å². The molecule has 0 atom stereocenters. The Hall–Kier alpha value is -3.99. The molecule has 0 unspecified atom stereocenters. The fourth-order valence-electron chi connectivity index (χ4n) is 3.46. The monoisotopic (exact) mass is 462 g/mol. The van der Waals surface area contributed by atoms with E-state index in [1.54, 1.807) is 23.9 Å². The number of methoxy groups -OCH3 is 1. The number of hydrogen-bond donors (Lipinski definition) is 0. The van der Waals surface area contributed by atoms with Crippen LogP contribution in [0.25, 0.3) is 10.9 Å². The Kier molecular flexibility index (Phi) is 5.38. The first kappa shape index (κ1) is 20.9. The van der Waals surface area contributed by atoms with Gasteiger partial charge in [-0.15, -0.1) is 10.2 Å². The molecule has 0 amide bonds. The number of aryl methyl sites for hydroxylation is 1. The van der Waals surface area contributed by atoms with E-state index in [4.69, 9.17) is 9.47 Å². The van der Waals surface area contributed by atoms with Crippen molar-refractivity contribution in [2.45, 2.75) is 18.7 Å². The summed E-state index contributed by atoms with van der Waals surface area (Å²) in [6.45, 7) is 2.06. The van der Waals surface area contributed by atoms with Gasteiger partial charge in [-0.2, -0.15) is 9.78 Å². The van der Waals surface area contributed by atoms with Crippen molar-refractivity contribution in [2.75, 3.05) is 12.9 Å². The van der Waals surface area contributed by atoms with Crippen molar-refractivity contribution in [3.8, 4) is 11.5 Å². The SMILES string of the molecule is COc1ccc2nc(C)cc(OCc3nnc4n3N=C(c3ccc([N+](=O)[O-])cc3)CS4)c2c1. The molecule has 5 rings (SSSR count). The number of nitro groups is 1. The van der Waals surface area contributed by atoms with E-state index in [9.17, 15) is 10.1 Å². The lowest BCUT2D eigenvalue weighted by atomic mass is 10.1. The summed E-state index contributed by atoms with van der Waals surface area (Å²) >= 11 is 1.50. The Labute approximate surface area is 192 Å². The molecule has 4 aromatic rings. The molecule has 0 radical (unpaired) electrons. The topological polar surface area (TPSA) is 118 Å². The van der Waals surface area contributed by atoms with Gasteiger partial charge < -0.3 is 9.47 Å². The van der Waals surface area contributed by atoms with Crippen LogP contribution in [0.15, 0.2) is 58.8 Å². The number of thioether (sulfide) groups is 1. The largest absolute Gasteiger partial charge is 0.497 e. The molecule has 33 heavy (non-hydrogen) atoms. The number of nitrogens with zero attached hydrogens (tertiary/aromatic N) is 6. The molecule has 1 aliphatic rings. The Balaban J connectivity index is 1.43. The quantitative estimate of drug-likeness (QED) is 0.312. The van der Waals surface area contributed by atoms with E-state index in [0.29, 0.717) is 28.2 Å². The number of ether oxygens (including phenoxy) is 2. The molecule has 0 saturated carbocycles. The highest BCUT2D eigenvalue weighted by molar-refractivity contribution is 7.99. The van der Waals surface area contributed by atoms with Gasteiger partial charge in [-0.3, -0.25) is 15.1 Å². The summed E-state index contributed by atoms with van der Waals surface area (Å²) in [5, 5.41) is 25.5. The van der Waals surface area contributed by atoms with Gasteiger partial charge in [0, 0.05) is 35.0 Å². The zero-order chi connectivity index (χ0) is 22.9. The molecule has 166 valence electrons. The zero-order valence-electron chi connectivity index (χ0n) is 17.8. The van der Waals surface area contributed by atoms with E-state index in [-0.39, 0.29) is 12.3 Å². The van der Waals surface area contributed by atoms with Crippen molar-refractivity contribution < 1.29 is 14.4 Å². The summed E-state index contributed by atoms with van der Waals surface area (Å²) in [6, 6.07) is 13.8. The van der Waals surface area contributed by atoms with Crippen molar-refractivity contribution in [2.24, 2.45) is 5.10 Å². The van der Waals surface area contributed by atoms with E-state index in [2.05, 4.69) is 20.3 Å². The van der Waals surface area contributed by atoms with Crippen LogP contribution in [0.3, 0.4) is 0 Å². The number of aromatic nitrogens is 4. The number of benzene rings is 2. The molecule has 0 aliphatic carbocycles. The van der Waals surface area contributed by atoms with Crippen molar-refractivity contribution in [3.05, 3.63) is 75.7 Å². The normalized spacial score (nSPS) is 12.8. The molecule has 0 spiro atoms. The zero-order valence-corrected chi connectivity index (χ0v) is 18.6. The third kappa shape index (κ3) is 4.10. The van der Waals surface area contributed by atoms with Crippen molar-refractivity contribution >= 4 is 34.1 Å². The number of non-ortho nitro benzene ring substituents is 1. The molecule has 0 N–H and O–H groups in total. The van der Waals surface area contributed by atoms with Crippen LogP contribution in [0.4, 0.5) is 5.69 Å². The lowest BCUT2D eigenvalue weighted by Gasteiger charge is -2.15. The number of pyridine rings is 1. The van der Waals surface area contributed by atoms with Gasteiger partial charge in [-0.25, -0.2) is 0 Å². The lowest BCUT2D eigenvalue weighted by molar-refractivity contribution is -0.384. The maximum absolute atomic E-state index is 10.9. The predicted molar refractivity (Wildman–Crippen MR) is 123 cm³/mol. The number of nitro benzene ring substituents is 1. The average Bonchev–Trinajstić information content (AvgIpc) is 3.24. The standard InChI is InChI=1S/C22H18N6O4S/c1-13-9-20(17-10-16(31-2)7-8-18(17)23-13)32-11-21-24-25-22-27(21)26-19(12-33-22)14-3-5-15(6-4-14)28(29)30/h3-10H,11-12H2,1-2H3. The number of rotatable bonds is 6. The molecule has 10 nitrogen and oxygen atoms in total. The summed E-state index contributed by atoms with van der Waals surface area (Å²) in [7, 11) is 1.62. The first-order valence-corrected chi connectivity index (χ1v) is 11.0. The fourth-order valence-corrected chi connectivity index (χ4v) is 4.32. The van der Waals surface area contributed by atoms with Gasteiger partial charge in [0.15, 0.2) is 5.82 Å². The van der Waals surface area contributed by atoms with Crippen molar-refractivity contribution in [1.82, 2.24) is 19.9 Å². The third-order valence-corrected chi connectivity index (χ3v) is 6.04. The highest BCUT2D eigenvalue weighted by Crippen LogP contribution is 2.30.